The topological polar surface area (TPSA) is 84.8 Å². The number of halogens is 1. The molecule has 0 fully saturated rings. The predicted octanol–water partition coefficient (Wildman–Crippen LogP) is 3.09. The lowest BCUT2D eigenvalue weighted by Gasteiger charge is -2.18. The molecule has 0 unspecified atom stereocenters. The summed E-state index contributed by atoms with van der Waals surface area (Å²) in [6.45, 7) is 7.11. The molecule has 29 heavy (non-hydrogen) atoms. The Morgan fingerprint density at radius 1 is 1.17 bits per heavy atom. The minimum Gasteiger partial charge on any atom is -0.287 e. The van der Waals surface area contributed by atoms with E-state index in [-0.39, 0.29) is 29.3 Å². The summed E-state index contributed by atoms with van der Waals surface area (Å²) in [5.74, 6) is -1.44. The lowest BCUT2D eigenvalue weighted by molar-refractivity contribution is 0.102. The molecule has 2 aromatic heterocycles. The number of hydrogen-bond acceptors (Lipinski definition) is 4. The van der Waals surface area contributed by atoms with Crippen LogP contribution >= 0.6 is 0 Å². The third-order valence-electron chi connectivity index (χ3n) is 4.63. The summed E-state index contributed by atoms with van der Waals surface area (Å²) in [5.41, 5.74) is 1.06. The van der Waals surface area contributed by atoms with Gasteiger partial charge in [0.2, 0.25) is 5.78 Å². The highest BCUT2D eigenvalue weighted by Gasteiger charge is 2.25. The van der Waals surface area contributed by atoms with Gasteiger partial charge in [-0.05, 0) is 61.2 Å². The lowest BCUT2D eigenvalue weighted by atomic mass is 9.96. The Bertz CT molecular complexity index is 1190. The number of ketones is 1. The van der Waals surface area contributed by atoms with Crippen molar-refractivity contribution in [2.45, 2.75) is 40.2 Å². The van der Waals surface area contributed by atoms with Crippen LogP contribution in [0.25, 0.3) is 0 Å². The predicted molar refractivity (Wildman–Crippen MR) is 108 cm³/mol. The molecular weight excluding hydrogens is 373 g/mol. The summed E-state index contributed by atoms with van der Waals surface area (Å²) in [6.07, 6.45) is 1.61. The maximum absolute atomic E-state index is 13.9. The number of nitrogens with zero attached hydrogens (tertiary/aromatic N) is 2. The van der Waals surface area contributed by atoms with Gasteiger partial charge in [0, 0.05) is 23.0 Å². The van der Waals surface area contributed by atoms with Crippen LogP contribution in [0, 0.1) is 19.7 Å². The zero-order valence-corrected chi connectivity index (χ0v) is 16.7. The average molecular weight is 395 g/mol. The van der Waals surface area contributed by atoms with E-state index in [0.717, 1.165) is 17.3 Å². The minimum absolute atomic E-state index is 0.0202. The largest absolute Gasteiger partial charge is 0.329 e. The van der Waals surface area contributed by atoms with Gasteiger partial charge < -0.3 is 0 Å². The quantitative estimate of drug-likeness (QED) is 0.673. The Morgan fingerprint density at radius 2 is 1.90 bits per heavy atom. The number of rotatable bonds is 5. The summed E-state index contributed by atoms with van der Waals surface area (Å²) in [4.78, 5) is 45.0. The molecule has 0 saturated carbocycles. The molecule has 0 radical (unpaired) electrons. The zero-order chi connectivity index (χ0) is 21.3. The first-order chi connectivity index (χ1) is 13.7. The molecule has 0 atom stereocenters. The highest BCUT2D eigenvalue weighted by molar-refractivity contribution is 6.09. The molecule has 0 saturated heterocycles. The van der Waals surface area contributed by atoms with Crippen molar-refractivity contribution in [1.29, 1.82) is 0 Å². The van der Waals surface area contributed by atoms with Gasteiger partial charge in [0.25, 0.3) is 5.56 Å². The van der Waals surface area contributed by atoms with Crippen LogP contribution in [0.15, 0.2) is 46.1 Å². The van der Waals surface area contributed by atoms with E-state index >= 15 is 0 Å². The van der Waals surface area contributed by atoms with Gasteiger partial charge in [0.15, 0.2) is 0 Å². The molecule has 0 aliphatic rings. The molecule has 150 valence electrons. The van der Waals surface area contributed by atoms with Gasteiger partial charge in [-0.2, -0.15) is 0 Å². The van der Waals surface area contributed by atoms with E-state index in [9.17, 15) is 18.8 Å². The molecule has 0 spiro atoms. The van der Waals surface area contributed by atoms with Crippen LogP contribution in [0.3, 0.4) is 0 Å². The van der Waals surface area contributed by atoms with Gasteiger partial charge in [0.05, 0.1) is 6.54 Å². The Kier molecular flexibility index (Phi) is 5.59. The van der Waals surface area contributed by atoms with Crippen LogP contribution < -0.4 is 11.2 Å². The van der Waals surface area contributed by atoms with Crippen LogP contribution in [0.4, 0.5) is 4.39 Å². The second-order valence-electron chi connectivity index (χ2n) is 7.41. The molecule has 6 nitrogen and oxygen atoms in total. The Labute approximate surface area is 167 Å². The first-order valence-electron chi connectivity index (χ1n) is 9.27. The molecule has 0 aliphatic carbocycles. The second-order valence-corrected chi connectivity index (χ2v) is 7.41. The van der Waals surface area contributed by atoms with E-state index in [2.05, 4.69) is 9.97 Å². The van der Waals surface area contributed by atoms with Crippen LogP contribution in [0.5, 0.6) is 0 Å². The number of carbonyl (C=O) groups excluding carboxylic acids is 1. The molecular formula is C22H22FN3O3. The van der Waals surface area contributed by atoms with Crippen molar-refractivity contribution >= 4 is 5.78 Å². The maximum Gasteiger partial charge on any atom is 0.329 e. The van der Waals surface area contributed by atoms with Crippen molar-refractivity contribution < 1.29 is 9.18 Å². The number of aryl methyl sites for hydroxylation is 2. The Balaban J connectivity index is 2.28. The molecule has 3 aromatic rings. The highest BCUT2D eigenvalue weighted by Crippen LogP contribution is 2.20. The zero-order valence-electron chi connectivity index (χ0n) is 16.7. The number of benzene rings is 1. The summed E-state index contributed by atoms with van der Waals surface area (Å²) >= 11 is 0. The van der Waals surface area contributed by atoms with Gasteiger partial charge in [-0.3, -0.25) is 24.1 Å². The fourth-order valence-corrected chi connectivity index (χ4v) is 3.41. The number of H-pyrrole nitrogens is 1. The molecule has 2 heterocycles. The number of aromatic nitrogens is 3. The van der Waals surface area contributed by atoms with Crippen molar-refractivity contribution in [1.82, 2.24) is 14.5 Å². The maximum atomic E-state index is 13.9. The van der Waals surface area contributed by atoms with E-state index in [4.69, 9.17) is 0 Å². The van der Waals surface area contributed by atoms with Crippen molar-refractivity contribution in [2.24, 2.45) is 0 Å². The van der Waals surface area contributed by atoms with E-state index in [0.29, 0.717) is 5.56 Å². The van der Waals surface area contributed by atoms with E-state index in [1.165, 1.54) is 10.6 Å². The van der Waals surface area contributed by atoms with Gasteiger partial charge >= 0.3 is 5.69 Å². The first-order valence-corrected chi connectivity index (χ1v) is 9.27. The average Bonchev–Trinajstić information content (AvgIpc) is 2.62. The third-order valence-corrected chi connectivity index (χ3v) is 4.63. The molecule has 0 amide bonds. The lowest BCUT2D eigenvalue weighted by Crippen LogP contribution is -2.38. The smallest absolute Gasteiger partial charge is 0.287 e. The van der Waals surface area contributed by atoms with Crippen LogP contribution in [-0.2, 0) is 6.54 Å². The van der Waals surface area contributed by atoms with Gasteiger partial charge in [-0.1, -0.05) is 13.8 Å². The highest BCUT2D eigenvalue weighted by atomic mass is 19.1. The monoisotopic (exact) mass is 395 g/mol. The number of pyridine rings is 1. The number of carbonyl (C=O) groups is 1. The Morgan fingerprint density at radius 3 is 2.52 bits per heavy atom. The van der Waals surface area contributed by atoms with Crippen LogP contribution in [0.1, 0.15) is 58.2 Å². The number of hydrogen-bond donors (Lipinski definition) is 1. The van der Waals surface area contributed by atoms with Crippen LogP contribution in [0.2, 0.25) is 0 Å². The fraction of sp³-hybridized carbons (Fsp3) is 0.273. The summed E-state index contributed by atoms with van der Waals surface area (Å²) in [5, 5.41) is 0. The SMILES string of the molecule is Cc1cc(F)cc(C(=O)c2c(C(C)C)c(=O)[nH]c(=O)n2Cc2ccnc(C)c2)c1. The first kappa shape index (κ1) is 20.4. The Hall–Kier alpha value is -3.35. The van der Waals surface area contributed by atoms with E-state index in [1.807, 2.05) is 6.92 Å². The molecule has 3 rings (SSSR count). The normalized spacial score (nSPS) is 11.1. The van der Waals surface area contributed by atoms with Crippen molar-refractivity contribution in [2.75, 3.05) is 0 Å². The van der Waals surface area contributed by atoms with Crippen molar-refractivity contribution in [3.8, 4) is 0 Å². The van der Waals surface area contributed by atoms with Crippen LogP contribution in [-0.4, -0.2) is 20.3 Å². The standard InChI is InChI=1S/C22H22FN3O3/c1-12(2)18-19(20(27)16-7-13(3)8-17(23)10-16)26(22(29)25-21(18)28)11-15-5-6-24-14(4)9-15/h5-10,12H,11H2,1-4H3,(H,25,28,29). The second kappa shape index (κ2) is 7.95. The third kappa shape index (κ3) is 4.23. The molecule has 7 heteroatoms. The number of aromatic amines is 1. The van der Waals surface area contributed by atoms with Gasteiger partial charge in [0.1, 0.15) is 11.5 Å². The van der Waals surface area contributed by atoms with Gasteiger partial charge in [-0.15, -0.1) is 0 Å². The summed E-state index contributed by atoms with van der Waals surface area (Å²) in [6, 6.07) is 7.51. The molecule has 0 bridgehead atoms. The number of nitrogens with one attached hydrogen (secondary N) is 1. The molecule has 1 aromatic carbocycles. The molecule has 1 N–H and O–H groups in total. The summed E-state index contributed by atoms with van der Waals surface area (Å²) < 4.78 is 15.2. The van der Waals surface area contributed by atoms with Crippen molar-refractivity contribution in [3.63, 3.8) is 0 Å². The molecule has 0 aliphatic heterocycles. The summed E-state index contributed by atoms with van der Waals surface area (Å²) in [7, 11) is 0. The fourth-order valence-electron chi connectivity index (χ4n) is 3.41. The van der Waals surface area contributed by atoms with Crippen molar-refractivity contribution in [3.05, 3.63) is 96.8 Å². The van der Waals surface area contributed by atoms with E-state index in [1.54, 1.807) is 45.2 Å². The minimum atomic E-state index is -0.689. The van der Waals surface area contributed by atoms with E-state index < -0.39 is 22.8 Å². The van der Waals surface area contributed by atoms with Gasteiger partial charge in [-0.25, -0.2) is 9.18 Å².